The van der Waals surface area contributed by atoms with Crippen LogP contribution in [0, 0.1) is 0 Å². The number of phenols is 1. The van der Waals surface area contributed by atoms with E-state index in [0.717, 1.165) is 0 Å². The van der Waals surface area contributed by atoms with Gasteiger partial charge < -0.3 is 10.8 Å². The summed E-state index contributed by atoms with van der Waals surface area (Å²) in [6.07, 6.45) is 0. The average Bonchev–Trinajstić information content (AvgIpc) is 2.55. The van der Waals surface area contributed by atoms with E-state index in [1.165, 1.54) is 20.7 Å². The predicted octanol–water partition coefficient (Wildman–Crippen LogP) is -0.282. The summed E-state index contributed by atoms with van der Waals surface area (Å²) >= 11 is 0. The van der Waals surface area contributed by atoms with Crippen molar-refractivity contribution < 1.29 is 13.5 Å². The number of aromatic hydroxyl groups is 1. The highest BCUT2D eigenvalue weighted by atomic mass is 32.2. The zero-order valence-corrected chi connectivity index (χ0v) is 10.1. The third-order valence-corrected chi connectivity index (χ3v) is 4.62. The number of hydrogen-bond donors (Lipinski definition) is 2. The summed E-state index contributed by atoms with van der Waals surface area (Å²) in [6, 6.07) is 6.21. The van der Waals surface area contributed by atoms with E-state index in [9.17, 15) is 13.5 Å². The molecular formula is C10H15N3O3S. The Hall–Kier alpha value is -1.31. The third kappa shape index (κ3) is 2.21. The zero-order chi connectivity index (χ0) is 12.5. The molecule has 7 heteroatoms. The molecule has 0 amide bonds. The summed E-state index contributed by atoms with van der Waals surface area (Å²) in [5.74, 6) is 0.0509. The van der Waals surface area contributed by atoms with Crippen molar-refractivity contribution in [2.45, 2.75) is 0 Å². The van der Waals surface area contributed by atoms with Crippen molar-refractivity contribution in [3.63, 3.8) is 0 Å². The lowest BCUT2D eigenvalue weighted by Crippen LogP contribution is -2.35. The fourth-order valence-corrected chi connectivity index (χ4v) is 3.47. The molecule has 0 bridgehead atoms. The molecule has 1 aromatic rings. The van der Waals surface area contributed by atoms with Gasteiger partial charge >= 0.3 is 10.2 Å². The molecule has 0 aliphatic carbocycles. The van der Waals surface area contributed by atoms with Crippen molar-refractivity contribution in [1.82, 2.24) is 4.31 Å². The second kappa shape index (κ2) is 4.52. The van der Waals surface area contributed by atoms with Crippen LogP contribution < -0.4 is 10.0 Å². The van der Waals surface area contributed by atoms with Gasteiger partial charge in [-0.05, 0) is 12.1 Å². The quantitative estimate of drug-likeness (QED) is 0.779. The Morgan fingerprint density at radius 2 is 2.12 bits per heavy atom. The van der Waals surface area contributed by atoms with Crippen molar-refractivity contribution in [3.05, 3.63) is 24.3 Å². The van der Waals surface area contributed by atoms with Crippen molar-refractivity contribution in [1.29, 1.82) is 0 Å². The van der Waals surface area contributed by atoms with Gasteiger partial charge in [0.2, 0.25) is 0 Å². The van der Waals surface area contributed by atoms with Gasteiger partial charge in [0.25, 0.3) is 0 Å². The number of rotatable bonds is 3. The van der Waals surface area contributed by atoms with E-state index >= 15 is 0 Å². The number of benzene rings is 1. The molecule has 1 aromatic carbocycles. The Morgan fingerprint density at radius 1 is 1.35 bits per heavy atom. The first-order valence-electron chi connectivity index (χ1n) is 5.32. The molecule has 2 rings (SSSR count). The maximum atomic E-state index is 12.1. The summed E-state index contributed by atoms with van der Waals surface area (Å²) in [6.45, 7) is 1.42. The van der Waals surface area contributed by atoms with Gasteiger partial charge in [0.15, 0.2) is 0 Å². The van der Waals surface area contributed by atoms with Gasteiger partial charge in [-0.15, -0.1) is 0 Å². The molecule has 94 valence electrons. The lowest BCUT2D eigenvalue weighted by Gasteiger charge is -2.19. The van der Waals surface area contributed by atoms with Crippen molar-refractivity contribution in [2.24, 2.45) is 5.73 Å². The SMILES string of the molecule is NCCN1CCN(c2cccc(O)c2)S1(=O)=O. The molecular weight excluding hydrogens is 242 g/mol. The maximum Gasteiger partial charge on any atom is 0.304 e. The fraction of sp³-hybridized carbons (Fsp3) is 0.400. The first-order chi connectivity index (χ1) is 8.05. The molecule has 3 N–H and O–H groups in total. The molecule has 6 nitrogen and oxygen atoms in total. The van der Waals surface area contributed by atoms with Gasteiger partial charge in [0, 0.05) is 32.2 Å². The first kappa shape index (κ1) is 12.2. The third-order valence-electron chi connectivity index (χ3n) is 2.65. The van der Waals surface area contributed by atoms with E-state index in [1.54, 1.807) is 12.1 Å². The van der Waals surface area contributed by atoms with Crippen LogP contribution in [0.4, 0.5) is 5.69 Å². The topological polar surface area (TPSA) is 86.9 Å². The summed E-state index contributed by atoms with van der Waals surface area (Å²) in [5, 5.41) is 9.36. The smallest absolute Gasteiger partial charge is 0.304 e. The van der Waals surface area contributed by atoms with Gasteiger partial charge in [-0.2, -0.15) is 12.7 Å². The van der Waals surface area contributed by atoms with Crippen molar-refractivity contribution in [2.75, 3.05) is 30.5 Å². The largest absolute Gasteiger partial charge is 0.508 e. The van der Waals surface area contributed by atoms with E-state index in [1.807, 2.05) is 0 Å². The fourth-order valence-electron chi connectivity index (χ4n) is 1.85. The standard InChI is InChI=1S/C10H15N3O3S/c11-4-5-12-6-7-13(17(12,15)16)9-2-1-3-10(14)8-9/h1-3,8,14H,4-7,11H2. The Kier molecular flexibility index (Phi) is 3.23. The van der Waals surface area contributed by atoms with Crippen LogP contribution in [0.2, 0.25) is 0 Å². The molecule has 1 aliphatic rings. The molecule has 0 radical (unpaired) electrons. The van der Waals surface area contributed by atoms with Crippen LogP contribution in [-0.4, -0.2) is 44.0 Å². The Balaban J connectivity index is 2.30. The normalized spacial score (nSPS) is 19.7. The summed E-state index contributed by atoms with van der Waals surface area (Å²) < 4.78 is 26.8. The maximum absolute atomic E-state index is 12.1. The van der Waals surface area contributed by atoms with E-state index in [0.29, 0.717) is 31.9 Å². The number of nitrogens with zero attached hydrogens (tertiary/aromatic N) is 2. The Bertz CT molecular complexity index is 503. The molecule has 1 fully saturated rings. The van der Waals surface area contributed by atoms with Crippen LogP contribution in [0.25, 0.3) is 0 Å². The van der Waals surface area contributed by atoms with Crippen LogP contribution in [0.3, 0.4) is 0 Å². The minimum atomic E-state index is -3.48. The van der Waals surface area contributed by atoms with Crippen LogP contribution in [-0.2, 0) is 10.2 Å². The number of nitrogens with two attached hydrogens (primary N) is 1. The van der Waals surface area contributed by atoms with Crippen LogP contribution in [0.15, 0.2) is 24.3 Å². The molecule has 0 spiro atoms. The first-order valence-corrected chi connectivity index (χ1v) is 6.72. The molecule has 0 aromatic heterocycles. The highest BCUT2D eigenvalue weighted by Crippen LogP contribution is 2.27. The second-order valence-electron chi connectivity index (χ2n) is 3.79. The van der Waals surface area contributed by atoms with Crippen molar-refractivity contribution >= 4 is 15.9 Å². The van der Waals surface area contributed by atoms with Crippen molar-refractivity contribution in [3.8, 4) is 5.75 Å². The predicted molar refractivity (Wildman–Crippen MR) is 65.0 cm³/mol. The number of phenolic OH excluding ortho intramolecular Hbond substituents is 1. The summed E-state index contributed by atoms with van der Waals surface area (Å²) in [5.41, 5.74) is 5.85. The molecule has 1 heterocycles. The number of hydrogen-bond acceptors (Lipinski definition) is 4. The lowest BCUT2D eigenvalue weighted by molar-refractivity contribution is 0.458. The van der Waals surface area contributed by atoms with Gasteiger partial charge in [0.1, 0.15) is 5.75 Å². The van der Waals surface area contributed by atoms with E-state index in [2.05, 4.69) is 0 Å². The van der Waals surface area contributed by atoms with E-state index < -0.39 is 10.2 Å². The Labute approximate surface area is 100 Å². The Morgan fingerprint density at radius 3 is 2.76 bits per heavy atom. The molecule has 1 aliphatic heterocycles. The lowest BCUT2D eigenvalue weighted by atomic mass is 10.3. The molecule has 0 atom stereocenters. The van der Waals surface area contributed by atoms with Crippen LogP contribution >= 0.6 is 0 Å². The summed E-state index contributed by atoms with van der Waals surface area (Å²) in [7, 11) is -3.48. The second-order valence-corrected chi connectivity index (χ2v) is 5.64. The zero-order valence-electron chi connectivity index (χ0n) is 9.28. The van der Waals surface area contributed by atoms with Crippen LogP contribution in [0.1, 0.15) is 0 Å². The minimum absolute atomic E-state index is 0.0509. The van der Waals surface area contributed by atoms with Crippen LogP contribution in [0.5, 0.6) is 5.75 Å². The molecule has 17 heavy (non-hydrogen) atoms. The van der Waals surface area contributed by atoms with E-state index in [4.69, 9.17) is 5.73 Å². The van der Waals surface area contributed by atoms with E-state index in [-0.39, 0.29) is 5.75 Å². The monoisotopic (exact) mass is 257 g/mol. The highest BCUT2D eigenvalue weighted by molar-refractivity contribution is 7.90. The number of anilines is 1. The average molecular weight is 257 g/mol. The van der Waals surface area contributed by atoms with Gasteiger partial charge in [-0.3, -0.25) is 4.31 Å². The summed E-state index contributed by atoms with van der Waals surface area (Å²) in [4.78, 5) is 0. The highest BCUT2D eigenvalue weighted by Gasteiger charge is 2.36. The van der Waals surface area contributed by atoms with Gasteiger partial charge in [-0.1, -0.05) is 6.07 Å². The van der Waals surface area contributed by atoms with Gasteiger partial charge in [0.05, 0.1) is 5.69 Å². The minimum Gasteiger partial charge on any atom is -0.508 e. The molecule has 0 unspecified atom stereocenters. The van der Waals surface area contributed by atoms with Gasteiger partial charge in [-0.25, -0.2) is 0 Å². The molecule has 0 saturated carbocycles. The molecule has 1 saturated heterocycles.